The van der Waals surface area contributed by atoms with Gasteiger partial charge in [-0.3, -0.25) is 0 Å². The van der Waals surface area contributed by atoms with E-state index in [0.717, 1.165) is 0 Å². The molecule has 0 N–H and O–H groups in total. The van der Waals surface area contributed by atoms with Gasteiger partial charge in [-0.05, 0) is 0 Å². The van der Waals surface area contributed by atoms with Crippen molar-refractivity contribution in [2.75, 3.05) is 0 Å². The molecule has 1 aromatic carbocycles. The van der Waals surface area contributed by atoms with E-state index in [0.29, 0.717) is 11.3 Å². The Morgan fingerprint density at radius 2 is 1.91 bits per heavy atom. The van der Waals surface area contributed by atoms with Crippen LogP contribution in [-0.4, -0.2) is 20.7 Å². The Morgan fingerprint density at radius 3 is 2.27 bits per heavy atom. The molecule has 0 amide bonds. The Hall–Kier alpha value is -1.10. The molecule has 1 aromatic rings. The maximum atomic E-state index is 10.7. The Bertz CT molecular complexity index is 310. The summed E-state index contributed by atoms with van der Waals surface area (Å²) in [4.78, 5) is 13.9. The number of hydrogen-bond acceptors (Lipinski definition) is 1. The summed E-state index contributed by atoms with van der Waals surface area (Å²) in [5.41, 5.74) is 1.15. The Balaban J connectivity index is 3.03. The van der Waals surface area contributed by atoms with E-state index < -0.39 is 0 Å². The summed E-state index contributed by atoms with van der Waals surface area (Å²) < 4.78 is -0.0958. The number of hydrogen-bond donors (Lipinski definition) is 0. The van der Waals surface area contributed by atoms with Gasteiger partial charge in [0.1, 0.15) is 0 Å². The van der Waals surface area contributed by atoms with Crippen molar-refractivity contribution in [1.82, 2.24) is 0 Å². The normalized spacial score (nSPS) is 8.64. The molecular formula is C8H4NOSe. The zero-order chi connectivity index (χ0) is 8.27. The van der Waals surface area contributed by atoms with E-state index in [1.165, 1.54) is 0 Å². The molecule has 0 saturated carbocycles. The first-order valence-corrected chi connectivity index (χ1v) is 3.78. The molecule has 0 fully saturated rings. The van der Waals surface area contributed by atoms with Crippen molar-refractivity contribution in [1.29, 1.82) is 0 Å². The SMILES string of the molecule is [C-]#[N+]c1ccc(C(=O)[Se])cc1. The molecule has 11 heavy (non-hydrogen) atoms. The van der Waals surface area contributed by atoms with Crippen molar-refractivity contribution in [2.24, 2.45) is 0 Å². The van der Waals surface area contributed by atoms with Crippen molar-refractivity contribution in [2.45, 2.75) is 0 Å². The van der Waals surface area contributed by atoms with E-state index in [4.69, 9.17) is 6.57 Å². The predicted molar refractivity (Wildman–Crippen MR) is 42.8 cm³/mol. The minimum absolute atomic E-state index is 0.0958. The number of rotatable bonds is 1. The zero-order valence-corrected chi connectivity index (χ0v) is 7.29. The summed E-state index contributed by atoms with van der Waals surface area (Å²) in [6.07, 6.45) is 0. The Morgan fingerprint density at radius 1 is 1.36 bits per heavy atom. The summed E-state index contributed by atoms with van der Waals surface area (Å²) in [7, 11) is 0. The topological polar surface area (TPSA) is 21.4 Å². The van der Waals surface area contributed by atoms with Crippen molar-refractivity contribution >= 4 is 26.4 Å². The Kier molecular flexibility index (Phi) is 2.43. The predicted octanol–water partition coefficient (Wildman–Crippen LogP) is 1.55. The molecule has 0 saturated heterocycles. The molecular weight excluding hydrogens is 205 g/mol. The third-order valence-electron chi connectivity index (χ3n) is 1.23. The third-order valence-corrected chi connectivity index (χ3v) is 1.73. The molecule has 1 radical (unpaired) electrons. The van der Waals surface area contributed by atoms with Gasteiger partial charge >= 0.3 is 72.4 Å². The standard InChI is InChI=1S/C8H4NOSe/c1-9-7-4-2-6(3-5-7)8(10)11/h2-5H. The molecule has 0 heterocycles. The second-order valence-corrected chi connectivity index (χ2v) is 2.72. The third kappa shape index (κ3) is 1.91. The average molecular weight is 209 g/mol. The van der Waals surface area contributed by atoms with Crippen LogP contribution in [0.25, 0.3) is 4.85 Å². The van der Waals surface area contributed by atoms with Crippen LogP contribution in [0.5, 0.6) is 0 Å². The van der Waals surface area contributed by atoms with Crippen molar-refractivity contribution in [3.63, 3.8) is 0 Å². The molecule has 0 atom stereocenters. The summed E-state index contributed by atoms with van der Waals surface area (Å²) in [6, 6.07) is 6.51. The molecule has 0 aliphatic carbocycles. The number of nitrogens with zero attached hydrogens (tertiary/aromatic N) is 1. The van der Waals surface area contributed by atoms with Crippen molar-refractivity contribution in [3.05, 3.63) is 41.2 Å². The van der Waals surface area contributed by atoms with E-state index in [-0.39, 0.29) is 4.68 Å². The molecule has 1 rings (SSSR count). The van der Waals surface area contributed by atoms with Crippen LogP contribution in [-0.2, 0) is 0 Å². The van der Waals surface area contributed by atoms with E-state index in [2.05, 4.69) is 20.9 Å². The number of carbonyl (C=O) groups is 1. The van der Waals surface area contributed by atoms with Gasteiger partial charge in [0.25, 0.3) is 0 Å². The van der Waals surface area contributed by atoms with Gasteiger partial charge in [0.05, 0.1) is 0 Å². The molecule has 0 bridgehead atoms. The first-order chi connectivity index (χ1) is 5.24. The first kappa shape index (κ1) is 8.00. The van der Waals surface area contributed by atoms with Gasteiger partial charge in [0.15, 0.2) is 0 Å². The van der Waals surface area contributed by atoms with Gasteiger partial charge in [0, 0.05) is 0 Å². The van der Waals surface area contributed by atoms with Crippen molar-refractivity contribution in [3.8, 4) is 0 Å². The van der Waals surface area contributed by atoms with Crippen LogP contribution in [0.3, 0.4) is 0 Å². The fourth-order valence-electron chi connectivity index (χ4n) is 0.672. The summed E-state index contributed by atoms with van der Waals surface area (Å²) >= 11 is 2.38. The van der Waals surface area contributed by atoms with E-state index in [1.807, 2.05) is 0 Å². The first-order valence-electron chi connectivity index (χ1n) is 2.93. The van der Waals surface area contributed by atoms with Gasteiger partial charge in [-0.25, -0.2) is 0 Å². The van der Waals surface area contributed by atoms with Crippen LogP contribution in [0.4, 0.5) is 5.69 Å². The van der Waals surface area contributed by atoms with Gasteiger partial charge < -0.3 is 0 Å². The maximum absolute atomic E-state index is 10.7. The van der Waals surface area contributed by atoms with Gasteiger partial charge in [-0.1, -0.05) is 0 Å². The average Bonchev–Trinajstić information content (AvgIpc) is 2.05. The molecule has 3 heteroatoms. The zero-order valence-electron chi connectivity index (χ0n) is 5.57. The van der Waals surface area contributed by atoms with E-state index in [9.17, 15) is 4.79 Å². The second kappa shape index (κ2) is 3.34. The second-order valence-electron chi connectivity index (χ2n) is 1.95. The van der Waals surface area contributed by atoms with Crippen LogP contribution in [0.2, 0.25) is 0 Å². The van der Waals surface area contributed by atoms with Crippen LogP contribution in [0.15, 0.2) is 24.3 Å². The molecule has 0 aliphatic heterocycles. The van der Waals surface area contributed by atoms with Gasteiger partial charge in [-0.15, -0.1) is 0 Å². The number of benzene rings is 1. The quantitative estimate of drug-likeness (QED) is 0.507. The fourth-order valence-corrected chi connectivity index (χ4v) is 0.958. The van der Waals surface area contributed by atoms with Crippen molar-refractivity contribution < 1.29 is 4.79 Å². The molecule has 0 unspecified atom stereocenters. The molecule has 0 spiro atoms. The monoisotopic (exact) mass is 210 g/mol. The Labute approximate surface area is 72.9 Å². The van der Waals surface area contributed by atoms with Crippen LogP contribution in [0.1, 0.15) is 10.4 Å². The summed E-state index contributed by atoms with van der Waals surface area (Å²) in [5, 5.41) is 0. The van der Waals surface area contributed by atoms with Gasteiger partial charge in [0.2, 0.25) is 0 Å². The molecule has 53 valence electrons. The van der Waals surface area contributed by atoms with Crippen LogP contribution in [0, 0.1) is 6.57 Å². The minimum atomic E-state index is -0.0958. The van der Waals surface area contributed by atoms with Crippen LogP contribution < -0.4 is 0 Å². The molecule has 2 nitrogen and oxygen atoms in total. The molecule has 0 aromatic heterocycles. The van der Waals surface area contributed by atoms with E-state index in [1.54, 1.807) is 24.3 Å². The van der Waals surface area contributed by atoms with E-state index >= 15 is 0 Å². The molecule has 0 aliphatic rings. The van der Waals surface area contributed by atoms with Crippen LogP contribution >= 0.6 is 0 Å². The summed E-state index contributed by atoms with van der Waals surface area (Å²) in [5.74, 6) is 0. The fraction of sp³-hybridized carbons (Fsp3) is 0. The van der Waals surface area contributed by atoms with Gasteiger partial charge in [-0.2, -0.15) is 0 Å². The summed E-state index contributed by atoms with van der Waals surface area (Å²) in [6.45, 7) is 6.65. The number of carbonyl (C=O) groups excluding carboxylic acids is 1.